The fourth-order valence-electron chi connectivity index (χ4n) is 3.14. The van der Waals surface area contributed by atoms with Gasteiger partial charge in [0.2, 0.25) is 0 Å². The van der Waals surface area contributed by atoms with Gasteiger partial charge in [-0.3, -0.25) is 9.00 Å². The predicted molar refractivity (Wildman–Crippen MR) is 107 cm³/mol. The van der Waals surface area contributed by atoms with Crippen LogP contribution in [-0.2, 0) is 30.2 Å². The van der Waals surface area contributed by atoms with Crippen LogP contribution in [-0.4, -0.2) is 65.9 Å². The van der Waals surface area contributed by atoms with E-state index in [4.69, 9.17) is 4.74 Å². The lowest BCUT2D eigenvalue weighted by Gasteiger charge is -2.28. The Morgan fingerprint density at radius 2 is 1.96 bits per heavy atom. The van der Waals surface area contributed by atoms with E-state index in [0.29, 0.717) is 23.6 Å². The topological polar surface area (TPSA) is 97.8 Å². The van der Waals surface area contributed by atoms with Gasteiger partial charge in [-0.15, -0.1) is 0 Å². The standard InChI is InChI=1S/C19H27NO6S2/c1-3-5-11-20(15-10-12-28(24,25)14-15)18(21)13-26-19(22)16-8-6-7-9-17(16)27(23)4-2/h6-9,15H,3-5,10-14H2,1-2H3. The van der Waals surface area contributed by atoms with Crippen molar-refractivity contribution in [3.8, 4) is 0 Å². The van der Waals surface area contributed by atoms with Crippen molar-refractivity contribution in [1.29, 1.82) is 0 Å². The van der Waals surface area contributed by atoms with Crippen molar-refractivity contribution in [3.05, 3.63) is 29.8 Å². The zero-order valence-corrected chi connectivity index (χ0v) is 17.9. The molecule has 0 aromatic heterocycles. The molecule has 28 heavy (non-hydrogen) atoms. The normalized spacial score (nSPS) is 19.1. The summed E-state index contributed by atoms with van der Waals surface area (Å²) >= 11 is 0. The predicted octanol–water partition coefficient (Wildman–Crippen LogP) is 1.79. The van der Waals surface area contributed by atoms with E-state index in [1.165, 1.54) is 11.0 Å². The first-order chi connectivity index (χ1) is 13.3. The summed E-state index contributed by atoms with van der Waals surface area (Å²) in [5.74, 6) is -0.721. The van der Waals surface area contributed by atoms with Gasteiger partial charge in [0.25, 0.3) is 5.91 Å². The third-order valence-corrected chi connectivity index (χ3v) is 7.78. The van der Waals surface area contributed by atoms with Gasteiger partial charge in [0, 0.05) is 18.3 Å². The minimum Gasteiger partial charge on any atom is -0.452 e. The zero-order valence-electron chi connectivity index (χ0n) is 16.3. The first kappa shape index (κ1) is 22.5. The van der Waals surface area contributed by atoms with Crippen molar-refractivity contribution in [2.24, 2.45) is 0 Å². The van der Waals surface area contributed by atoms with E-state index in [-0.39, 0.29) is 23.1 Å². The summed E-state index contributed by atoms with van der Waals surface area (Å²) in [6, 6.07) is 6.09. The van der Waals surface area contributed by atoms with Gasteiger partial charge in [-0.2, -0.15) is 0 Å². The molecular formula is C19H27NO6S2. The Bertz CT molecular complexity index is 837. The molecule has 1 amide bonds. The van der Waals surface area contributed by atoms with Crippen molar-refractivity contribution in [1.82, 2.24) is 4.90 Å². The molecule has 1 aromatic carbocycles. The summed E-state index contributed by atoms with van der Waals surface area (Å²) in [5, 5.41) is 0. The molecule has 1 heterocycles. The van der Waals surface area contributed by atoms with E-state index in [9.17, 15) is 22.2 Å². The van der Waals surface area contributed by atoms with Crippen molar-refractivity contribution < 1.29 is 27.0 Å². The SMILES string of the molecule is CCCCN(C(=O)COC(=O)c1ccccc1S(=O)CC)C1CCS(=O)(=O)C1. The Hall–Kier alpha value is -1.74. The van der Waals surface area contributed by atoms with E-state index in [1.54, 1.807) is 25.1 Å². The smallest absolute Gasteiger partial charge is 0.339 e. The highest BCUT2D eigenvalue weighted by atomic mass is 32.2. The van der Waals surface area contributed by atoms with E-state index < -0.39 is 39.1 Å². The molecule has 0 radical (unpaired) electrons. The quantitative estimate of drug-likeness (QED) is 0.555. The second kappa shape index (κ2) is 10.2. The molecule has 0 saturated carbocycles. The van der Waals surface area contributed by atoms with E-state index in [0.717, 1.165) is 12.8 Å². The number of carbonyl (C=O) groups excluding carboxylic acids is 2. The molecule has 0 aliphatic carbocycles. The second-order valence-electron chi connectivity index (χ2n) is 6.70. The summed E-state index contributed by atoms with van der Waals surface area (Å²) in [6.45, 7) is 3.71. The van der Waals surface area contributed by atoms with Crippen molar-refractivity contribution in [2.75, 3.05) is 30.4 Å². The Kier molecular flexibility index (Phi) is 8.18. The highest BCUT2D eigenvalue weighted by Crippen LogP contribution is 2.19. The van der Waals surface area contributed by atoms with Crippen LogP contribution in [0.2, 0.25) is 0 Å². The molecule has 1 saturated heterocycles. The molecule has 1 aliphatic heterocycles. The number of hydrogen-bond acceptors (Lipinski definition) is 6. The van der Waals surface area contributed by atoms with Gasteiger partial charge in [-0.05, 0) is 25.0 Å². The number of ether oxygens (including phenoxy) is 1. The summed E-state index contributed by atoms with van der Waals surface area (Å²) in [5.41, 5.74) is 0.180. The molecular weight excluding hydrogens is 402 g/mol. The molecule has 0 bridgehead atoms. The van der Waals surface area contributed by atoms with Gasteiger partial charge in [0.05, 0.1) is 32.8 Å². The van der Waals surface area contributed by atoms with Gasteiger partial charge >= 0.3 is 5.97 Å². The van der Waals surface area contributed by atoms with Crippen LogP contribution in [0.25, 0.3) is 0 Å². The summed E-state index contributed by atoms with van der Waals surface area (Å²) < 4.78 is 40.8. The van der Waals surface area contributed by atoms with Crippen molar-refractivity contribution in [3.63, 3.8) is 0 Å². The van der Waals surface area contributed by atoms with Crippen LogP contribution >= 0.6 is 0 Å². The average Bonchev–Trinajstić information content (AvgIpc) is 3.05. The number of nitrogens with zero attached hydrogens (tertiary/aromatic N) is 1. The van der Waals surface area contributed by atoms with Crippen LogP contribution < -0.4 is 0 Å². The summed E-state index contributed by atoms with van der Waals surface area (Å²) in [7, 11) is -4.45. The van der Waals surface area contributed by atoms with Crippen LogP contribution in [0.1, 0.15) is 43.5 Å². The van der Waals surface area contributed by atoms with Gasteiger partial charge in [0.15, 0.2) is 16.4 Å². The number of esters is 1. The van der Waals surface area contributed by atoms with E-state index in [1.807, 2.05) is 6.92 Å². The molecule has 156 valence electrons. The zero-order chi connectivity index (χ0) is 20.7. The van der Waals surface area contributed by atoms with Gasteiger partial charge < -0.3 is 9.64 Å². The fourth-order valence-corrected chi connectivity index (χ4v) is 5.81. The average molecular weight is 430 g/mol. The molecule has 9 heteroatoms. The maximum atomic E-state index is 12.7. The molecule has 7 nitrogen and oxygen atoms in total. The van der Waals surface area contributed by atoms with E-state index in [2.05, 4.69) is 0 Å². The number of carbonyl (C=O) groups is 2. The number of rotatable bonds is 9. The molecule has 2 atom stereocenters. The maximum Gasteiger partial charge on any atom is 0.339 e. The molecule has 0 N–H and O–H groups in total. The van der Waals surface area contributed by atoms with Crippen molar-refractivity contribution in [2.45, 2.75) is 44.0 Å². The fraction of sp³-hybridized carbons (Fsp3) is 0.579. The third kappa shape index (κ3) is 5.88. The molecule has 1 aliphatic rings. The first-order valence-electron chi connectivity index (χ1n) is 9.43. The molecule has 0 spiro atoms. The lowest BCUT2D eigenvalue weighted by Crippen LogP contribution is -2.43. The Labute approximate surface area is 168 Å². The Morgan fingerprint density at radius 3 is 2.57 bits per heavy atom. The number of sulfone groups is 1. The Morgan fingerprint density at radius 1 is 1.25 bits per heavy atom. The molecule has 1 aromatic rings. The second-order valence-corrected chi connectivity index (χ2v) is 10.6. The van der Waals surface area contributed by atoms with E-state index >= 15 is 0 Å². The van der Waals surface area contributed by atoms with Crippen LogP contribution in [0.3, 0.4) is 0 Å². The molecule has 1 fully saturated rings. The monoisotopic (exact) mass is 429 g/mol. The molecule has 2 unspecified atom stereocenters. The lowest BCUT2D eigenvalue weighted by molar-refractivity contribution is -0.136. The highest BCUT2D eigenvalue weighted by molar-refractivity contribution is 7.91. The van der Waals surface area contributed by atoms with Crippen LogP contribution in [0.15, 0.2) is 29.2 Å². The van der Waals surface area contributed by atoms with Gasteiger partial charge in [0.1, 0.15) is 0 Å². The van der Waals surface area contributed by atoms with Gasteiger partial charge in [-0.1, -0.05) is 32.4 Å². The van der Waals surface area contributed by atoms with Crippen LogP contribution in [0, 0.1) is 0 Å². The number of amides is 1. The largest absolute Gasteiger partial charge is 0.452 e. The van der Waals surface area contributed by atoms with Crippen LogP contribution in [0.4, 0.5) is 0 Å². The third-order valence-electron chi connectivity index (χ3n) is 4.66. The molecule has 2 rings (SSSR count). The summed E-state index contributed by atoms with van der Waals surface area (Å²) in [6.07, 6.45) is 2.01. The highest BCUT2D eigenvalue weighted by Gasteiger charge is 2.34. The first-order valence-corrected chi connectivity index (χ1v) is 12.6. The van der Waals surface area contributed by atoms with Gasteiger partial charge in [-0.25, -0.2) is 13.2 Å². The minimum atomic E-state index is -3.13. The number of unbranched alkanes of at least 4 members (excludes halogenated alkanes) is 1. The number of hydrogen-bond donors (Lipinski definition) is 0. The van der Waals surface area contributed by atoms with Crippen LogP contribution in [0.5, 0.6) is 0 Å². The number of benzene rings is 1. The maximum absolute atomic E-state index is 12.7. The lowest BCUT2D eigenvalue weighted by atomic mass is 10.2. The Balaban J connectivity index is 2.06. The van der Waals surface area contributed by atoms with Crippen molar-refractivity contribution >= 4 is 32.5 Å². The summed E-state index contributed by atoms with van der Waals surface area (Å²) in [4.78, 5) is 27.0. The minimum absolute atomic E-state index is 0.0469.